The van der Waals surface area contributed by atoms with E-state index in [9.17, 15) is 0 Å². The number of hydrogen-bond donors (Lipinski definition) is 2. The summed E-state index contributed by atoms with van der Waals surface area (Å²) in [6, 6.07) is 6.13. The summed E-state index contributed by atoms with van der Waals surface area (Å²) in [6.45, 7) is 3.97. The minimum absolute atomic E-state index is 0.289. The first kappa shape index (κ1) is 18.6. The monoisotopic (exact) mass is 404 g/mol. The van der Waals surface area contributed by atoms with Crippen molar-refractivity contribution >= 4 is 16.8 Å². The highest BCUT2D eigenvalue weighted by atomic mass is 16.5. The molecule has 154 valence electrons. The van der Waals surface area contributed by atoms with Crippen LogP contribution in [-0.4, -0.2) is 32.8 Å². The van der Waals surface area contributed by atoms with Crippen molar-refractivity contribution in [2.75, 3.05) is 18.8 Å². The maximum absolute atomic E-state index is 6.12. The fraction of sp³-hybridized carbons (Fsp3) is 0.318. The lowest BCUT2D eigenvalue weighted by atomic mass is 10.1. The Hall–Kier alpha value is -3.39. The summed E-state index contributed by atoms with van der Waals surface area (Å²) >= 11 is 0. The van der Waals surface area contributed by atoms with Crippen molar-refractivity contribution in [3.8, 4) is 16.9 Å². The number of nitrogens with zero attached hydrogens (tertiary/aromatic N) is 4. The normalized spacial score (nSPS) is 16.0. The molecule has 4 aromatic rings. The van der Waals surface area contributed by atoms with Crippen molar-refractivity contribution in [2.45, 2.75) is 31.9 Å². The number of nitrogens with one attached hydrogen (secondary N) is 1. The molecule has 0 amide bonds. The van der Waals surface area contributed by atoms with E-state index in [1.807, 2.05) is 31.3 Å². The fourth-order valence-corrected chi connectivity index (χ4v) is 3.92. The van der Waals surface area contributed by atoms with Crippen molar-refractivity contribution in [2.24, 2.45) is 0 Å². The standard InChI is InChI=1S/C22H24N6O2/c1-14(19-4-2-3-7-25-19)30-21-20-17(11-26-22(21)23)18(13-29-20)15-10-27-28(12-15)16-5-8-24-9-6-16/h2-4,7,10-14,16,24H,5-6,8-9H2,1H3,(H2,23,26). The van der Waals surface area contributed by atoms with Crippen molar-refractivity contribution < 1.29 is 9.15 Å². The number of anilines is 1. The van der Waals surface area contributed by atoms with E-state index in [0.29, 0.717) is 17.4 Å². The predicted octanol–water partition coefficient (Wildman–Crippen LogP) is 3.73. The van der Waals surface area contributed by atoms with Crippen LogP contribution in [0.15, 0.2) is 53.7 Å². The van der Waals surface area contributed by atoms with Crippen LogP contribution in [-0.2, 0) is 0 Å². The second-order valence-corrected chi connectivity index (χ2v) is 7.57. The summed E-state index contributed by atoms with van der Waals surface area (Å²) in [5.74, 6) is 0.722. The SMILES string of the molecule is CC(Oc1c(N)ncc2c(-c3cnn(C4CCNCC4)c3)coc12)c1ccccn1. The maximum Gasteiger partial charge on any atom is 0.205 e. The first-order chi connectivity index (χ1) is 14.7. The van der Waals surface area contributed by atoms with E-state index in [1.54, 1.807) is 18.7 Å². The van der Waals surface area contributed by atoms with Gasteiger partial charge in [0.15, 0.2) is 11.4 Å². The zero-order valence-corrected chi connectivity index (χ0v) is 16.8. The second-order valence-electron chi connectivity index (χ2n) is 7.57. The van der Waals surface area contributed by atoms with Crippen LogP contribution in [0.2, 0.25) is 0 Å². The molecule has 8 nitrogen and oxygen atoms in total. The number of ether oxygens (including phenoxy) is 1. The van der Waals surface area contributed by atoms with Gasteiger partial charge in [-0.3, -0.25) is 9.67 Å². The van der Waals surface area contributed by atoms with Crippen molar-refractivity contribution in [3.05, 3.63) is 54.9 Å². The van der Waals surface area contributed by atoms with Gasteiger partial charge in [0.2, 0.25) is 5.75 Å². The number of furan rings is 1. The van der Waals surface area contributed by atoms with Crippen molar-refractivity contribution in [1.82, 2.24) is 25.1 Å². The minimum atomic E-state index is -0.294. The zero-order valence-electron chi connectivity index (χ0n) is 16.8. The van der Waals surface area contributed by atoms with E-state index in [1.165, 1.54) is 0 Å². The van der Waals surface area contributed by atoms with Gasteiger partial charge in [-0.25, -0.2) is 4.98 Å². The van der Waals surface area contributed by atoms with Crippen LogP contribution in [0, 0.1) is 0 Å². The highest BCUT2D eigenvalue weighted by molar-refractivity contribution is 5.97. The van der Waals surface area contributed by atoms with E-state index in [-0.39, 0.29) is 11.9 Å². The molecule has 1 unspecified atom stereocenters. The Morgan fingerprint density at radius 2 is 2.10 bits per heavy atom. The van der Waals surface area contributed by atoms with Gasteiger partial charge in [0.05, 0.1) is 23.3 Å². The van der Waals surface area contributed by atoms with Crippen LogP contribution in [0.4, 0.5) is 5.82 Å². The molecule has 1 atom stereocenters. The molecule has 5 heterocycles. The van der Waals surface area contributed by atoms with E-state index in [4.69, 9.17) is 14.9 Å². The Morgan fingerprint density at radius 3 is 2.90 bits per heavy atom. The summed E-state index contributed by atoms with van der Waals surface area (Å²) < 4.78 is 14.1. The van der Waals surface area contributed by atoms with Crippen LogP contribution in [0.25, 0.3) is 22.1 Å². The molecule has 5 rings (SSSR count). The van der Waals surface area contributed by atoms with Crippen LogP contribution in [0.1, 0.15) is 37.6 Å². The lowest BCUT2D eigenvalue weighted by Gasteiger charge is -2.22. The van der Waals surface area contributed by atoms with Gasteiger partial charge < -0.3 is 20.2 Å². The molecule has 1 aliphatic heterocycles. The van der Waals surface area contributed by atoms with Crippen LogP contribution in [0.5, 0.6) is 5.75 Å². The molecule has 0 aromatic carbocycles. The Labute approximate surface area is 174 Å². The number of hydrogen-bond acceptors (Lipinski definition) is 7. The number of aromatic nitrogens is 4. The topological polar surface area (TPSA) is 104 Å². The fourth-order valence-electron chi connectivity index (χ4n) is 3.92. The van der Waals surface area contributed by atoms with Gasteiger partial charge in [0.25, 0.3) is 0 Å². The quantitative estimate of drug-likeness (QED) is 0.522. The summed E-state index contributed by atoms with van der Waals surface area (Å²) in [6.07, 6.45) is 11.0. The van der Waals surface area contributed by atoms with Gasteiger partial charge in [-0.15, -0.1) is 0 Å². The zero-order chi connectivity index (χ0) is 20.5. The van der Waals surface area contributed by atoms with Crippen LogP contribution in [0.3, 0.4) is 0 Å². The van der Waals surface area contributed by atoms with Gasteiger partial charge in [0, 0.05) is 29.7 Å². The van der Waals surface area contributed by atoms with Crippen LogP contribution < -0.4 is 15.8 Å². The summed E-state index contributed by atoms with van der Waals surface area (Å²) in [4.78, 5) is 8.70. The lowest BCUT2D eigenvalue weighted by molar-refractivity contribution is 0.223. The van der Waals surface area contributed by atoms with Gasteiger partial charge in [-0.05, 0) is 45.0 Å². The van der Waals surface area contributed by atoms with E-state index < -0.39 is 0 Å². The molecule has 0 bridgehead atoms. The van der Waals surface area contributed by atoms with E-state index in [0.717, 1.165) is 48.1 Å². The Morgan fingerprint density at radius 1 is 1.23 bits per heavy atom. The molecule has 1 fully saturated rings. The average Bonchev–Trinajstić information content (AvgIpc) is 3.44. The lowest BCUT2D eigenvalue weighted by Crippen LogP contribution is -2.29. The van der Waals surface area contributed by atoms with E-state index in [2.05, 4.69) is 31.3 Å². The molecule has 8 heteroatoms. The van der Waals surface area contributed by atoms with Gasteiger partial charge in [-0.1, -0.05) is 6.07 Å². The molecule has 1 aliphatic rings. The first-order valence-corrected chi connectivity index (χ1v) is 10.2. The third kappa shape index (κ3) is 3.39. The molecular weight excluding hydrogens is 380 g/mol. The number of nitrogens with two attached hydrogens (primary N) is 1. The maximum atomic E-state index is 6.12. The molecule has 0 radical (unpaired) electrons. The van der Waals surface area contributed by atoms with Crippen molar-refractivity contribution in [3.63, 3.8) is 0 Å². The first-order valence-electron chi connectivity index (χ1n) is 10.2. The highest BCUT2D eigenvalue weighted by Gasteiger charge is 2.21. The smallest absolute Gasteiger partial charge is 0.205 e. The summed E-state index contributed by atoms with van der Waals surface area (Å²) in [5, 5.41) is 8.83. The number of nitrogen functional groups attached to an aromatic ring is 1. The number of piperidine rings is 1. The molecule has 0 saturated carbocycles. The summed E-state index contributed by atoms with van der Waals surface area (Å²) in [7, 11) is 0. The Bertz CT molecular complexity index is 1150. The third-order valence-corrected chi connectivity index (χ3v) is 5.60. The van der Waals surface area contributed by atoms with Crippen LogP contribution >= 0.6 is 0 Å². The highest BCUT2D eigenvalue weighted by Crippen LogP contribution is 2.39. The van der Waals surface area contributed by atoms with Crippen molar-refractivity contribution in [1.29, 1.82) is 0 Å². The second kappa shape index (κ2) is 7.79. The third-order valence-electron chi connectivity index (χ3n) is 5.60. The van der Waals surface area contributed by atoms with Gasteiger partial charge in [0.1, 0.15) is 12.4 Å². The Balaban J connectivity index is 1.47. The molecule has 0 aliphatic carbocycles. The number of rotatable bonds is 5. The molecule has 0 spiro atoms. The van der Waals surface area contributed by atoms with E-state index >= 15 is 0 Å². The molecular formula is C22H24N6O2. The predicted molar refractivity (Wildman–Crippen MR) is 114 cm³/mol. The van der Waals surface area contributed by atoms with Gasteiger partial charge >= 0.3 is 0 Å². The molecule has 4 aromatic heterocycles. The van der Waals surface area contributed by atoms with Gasteiger partial charge in [-0.2, -0.15) is 5.10 Å². The molecule has 3 N–H and O–H groups in total. The molecule has 30 heavy (non-hydrogen) atoms. The number of fused-ring (bicyclic) bond motifs is 1. The summed E-state index contributed by atoms with van der Waals surface area (Å²) in [5.41, 5.74) is 9.42. The molecule has 1 saturated heterocycles. The average molecular weight is 404 g/mol. The Kier molecular flexibility index (Phi) is 4.84. The minimum Gasteiger partial charge on any atom is -0.477 e. The number of pyridine rings is 2. The largest absolute Gasteiger partial charge is 0.477 e.